The van der Waals surface area contributed by atoms with Crippen LogP contribution < -0.4 is 5.32 Å². The summed E-state index contributed by atoms with van der Waals surface area (Å²) in [7, 11) is 3.62. The number of carbonyl (C=O) groups is 2. The van der Waals surface area contributed by atoms with Crippen molar-refractivity contribution >= 4 is 28.4 Å². The number of carbonyl (C=O) groups excluding carboxylic acids is 2. The molecule has 0 fully saturated rings. The molecule has 2 amide bonds. The molecule has 2 atom stereocenters. The van der Waals surface area contributed by atoms with E-state index in [1.54, 1.807) is 7.11 Å². The first kappa shape index (κ1) is 23.8. The minimum Gasteiger partial charge on any atom is -0.383 e. The molecule has 2 heterocycles. The molecule has 0 spiro atoms. The molecular weight excluding hydrogens is 450 g/mol. The van der Waals surface area contributed by atoms with Crippen LogP contribution >= 0.6 is 0 Å². The van der Waals surface area contributed by atoms with Crippen LogP contribution in [0.2, 0.25) is 0 Å². The summed E-state index contributed by atoms with van der Waals surface area (Å²) in [4.78, 5) is 29.8. The molecule has 0 saturated carbocycles. The maximum atomic E-state index is 14.2. The minimum absolute atomic E-state index is 0.0846. The van der Waals surface area contributed by atoms with E-state index in [0.717, 1.165) is 39.7 Å². The van der Waals surface area contributed by atoms with Crippen molar-refractivity contribution in [3.05, 3.63) is 101 Å². The van der Waals surface area contributed by atoms with Crippen molar-refractivity contribution in [2.75, 3.05) is 25.6 Å². The van der Waals surface area contributed by atoms with Gasteiger partial charge in [0, 0.05) is 54.6 Å². The van der Waals surface area contributed by atoms with Crippen molar-refractivity contribution in [2.45, 2.75) is 25.3 Å². The molecule has 6 heteroatoms. The topological polar surface area (TPSA) is 63.6 Å². The van der Waals surface area contributed by atoms with Crippen molar-refractivity contribution < 1.29 is 14.3 Å². The van der Waals surface area contributed by atoms with E-state index >= 15 is 0 Å². The van der Waals surface area contributed by atoms with Gasteiger partial charge in [0.05, 0.1) is 18.6 Å². The number of para-hydroxylation sites is 2. The van der Waals surface area contributed by atoms with Gasteiger partial charge in [-0.05, 0) is 35.7 Å². The zero-order valence-electron chi connectivity index (χ0n) is 20.9. The summed E-state index contributed by atoms with van der Waals surface area (Å²) in [6.45, 7) is 2.83. The lowest BCUT2D eigenvalue weighted by Crippen LogP contribution is -2.47. The molecule has 5 rings (SSSR count). The lowest BCUT2D eigenvalue weighted by molar-refractivity contribution is -0.119. The van der Waals surface area contributed by atoms with Crippen LogP contribution in [0.25, 0.3) is 10.9 Å². The summed E-state index contributed by atoms with van der Waals surface area (Å²) >= 11 is 0. The number of hydrogen-bond donors (Lipinski definition) is 1. The van der Waals surface area contributed by atoms with Gasteiger partial charge in [0.1, 0.15) is 0 Å². The molecule has 1 aliphatic heterocycles. The van der Waals surface area contributed by atoms with Crippen LogP contribution in [0.3, 0.4) is 0 Å². The number of amides is 2. The van der Waals surface area contributed by atoms with Crippen LogP contribution in [0.15, 0.2) is 79.0 Å². The zero-order chi connectivity index (χ0) is 25.2. The second kappa shape index (κ2) is 9.99. The Balaban J connectivity index is 1.70. The number of hydrogen-bond acceptors (Lipinski definition) is 3. The molecule has 184 valence electrons. The van der Waals surface area contributed by atoms with Gasteiger partial charge in [-0.2, -0.15) is 0 Å². The third kappa shape index (κ3) is 4.07. The summed E-state index contributed by atoms with van der Waals surface area (Å²) < 4.78 is 7.44. The first-order valence-electron chi connectivity index (χ1n) is 12.4. The monoisotopic (exact) mass is 481 g/mol. The second-order valence-corrected chi connectivity index (χ2v) is 9.21. The Bertz CT molecular complexity index is 1420. The number of rotatable bonds is 7. The zero-order valence-corrected chi connectivity index (χ0v) is 20.9. The number of benzene rings is 3. The Labute approximate surface area is 211 Å². The summed E-state index contributed by atoms with van der Waals surface area (Å²) in [5.41, 5.74) is 5.20. The Morgan fingerprint density at radius 2 is 1.69 bits per heavy atom. The fraction of sp³-hybridized carbons (Fsp3) is 0.267. The van der Waals surface area contributed by atoms with Gasteiger partial charge in [-0.25, -0.2) is 0 Å². The molecule has 1 aromatic heterocycles. The van der Waals surface area contributed by atoms with E-state index in [-0.39, 0.29) is 11.8 Å². The number of fused-ring (bicyclic) bond motifs is 2. The van der Waals surface area contributed by atoms with Gasteiger partial charge in [-0.15, -0.1) is 0 Å². The van der Waals surface area contributed by atoms with Gasteiger partial charge in [-0.1, -0.05) is 61.5 Å². The molecule has 0 aliphatic carbocycles. The summed E-state index contributed by atoms with van der Waals surface area (Å²) in [5, 5.41) is 4.24. The fourth-order valence-electron chi connectivity index (χ4n) is 5.43. The molecule has 0 bridgehead atoms. The average Bonchev–Trinajstić information content (AvgIpc) is 3.24. The van der Waals surface area contributed by atoms with Crippen LogP contribution in [0.1, 0.15) is 45.9 Å². The van der Waals surface area contributed by atoms with Gasteiger partial charge in [0.15, 0.2) is 0 Å². The molecule has 6 nitrogen and oxygen atoms in total. The molecule has 4 aromatic rings. The maximum Gasteiger partial charge on any atom is 0.254 e. The first-order chi connectivity index (χ1) is 17.5. The predicted molar refractivity (Wildman–Crippen MR) is 142 cm³/mol. The van der Waals surface area contributed by atoms with E-state index in [4.69, 9.17) is 4.74 Å². The van der Waals surface area contributed by atoms with Crippen LogP contribution in [0.5, 0.6) is 0 Å². The number of nitrogens with zero attached hydrogens (tertiary/aromatic N) is 2. The number of ether oxygens (including phenoxy) is 1. The van der Waals surface area contributed by atoms with Crippen LogP contribution in [0.4, 0.5) is 5.69 Å². The Hall–Kier alpha value is -3.90. The number of anilines is 1. The second-order valence-electron chi connectivity index (χ2n) is 9.21. The van der Waals surface area contributed by atoms with E-state index in [1.807, 2.05) is 72.6 Å². The van der Waals surface area contributed by atoms with Gasteiger partial charge < -0.3 is 19.5 Å². The predicted octanol–water partition coefficient (Wildman–Crippen LogP) is 5.31. The Morgan fingerprint density at radius 3 is 2.50 bits per heavy atom. The molecule has 0 radical (unpaired) electrons. The quantitative estimate of drug-likeness (QED) is 0.389. The largest absolute Gasteiger partial charge is 0.383 e. The van der Waals surface area contributed by atoms with E-state index in [9.17, 15) is 9.59 Å². The smallest absolute Gasteiger partial charge is 0.254 e. The van der Waals surface area contributed by atoms with Crippen molar-refractivity contribution in [3.8, 4) is 0 Å². The molecular formula is C30H31N3O3. The number of aromatic nitrogens is 1. The van der Waals surface area contributed by atoms with Crippen LogP contribution in [0, 0.1) is 0 Å². The normalized spacial score (nSPS) is 17.3. The fourth-order valence-corrected chi connectivity index (χ4v) is 5.43. The minimum atomic E-state index is -0.591. The van der Waals surface area contributed by atoms with E-state index < -0.39 is 12.0 Å². The molecule has 0 unspecified atom stereocenters. The number of methoxy groups -OCH3 is 1. The molecule has 1 aliphatic rings. The average molecular weight is 482 g/mol. The van der Waals surface area contributed by atoms with Crippen molar-refractivity contribution in [1.29, 1.82) is 0 Å². The number of nitrogens with one attached hydrogen (secondary N) is 1. The van der Waals surface area contributed by atoms with Gasteiger partial charge in [0.25, 0.3) is 5.91 Å². The summed E-state index contributed by atoms with van der Waals surface area (Å²) in [6.07, 6.45) is 2.86. The third-order valence-electron chi connectivity index (χ3n) is 7.16. The van der Waals surface area contributed by atoms with Crippen molar-refractivity contribution in [2.24, 2.45) is 7.05 Å². The van der Waals surface area contributed by atoms with Gasteiger partial charge in [0.2, 0.25) is 5.91 Å². The van der Waals surface area contributed by atoms with Crippen LogP contribution in [-0.2, 0) is 23.0 Å². The lowest BCUT2D eigenvalue weighted by Gasteiger charge is -2.41. The highest BCUT2D eigenvalue weighted by Gasteiger charge is 2.45. The molecule has 36 heavy (non-hydrogen) atoms. The standard InChI is InChI=1S/C30H31N3O3/c1-4-20-11-5-9-15-25(20)31-29(34)27-22-13-6-7-14-23(22)30(35)33(17-18-36-3)28(27)24-19-32(2)26-16-10-8-12-21(24)26/h5-16,19,27-28H,4,17-18H2,1-3H3,(H,31,34)/t27-,28-/m1/s1. The van der Waals surface area contributed by atoms with Crippen LogP contribution in [-0.4, -0.2) is 41.5 Å². The highest BCUT2D eigenvalue weighted by molar-refractivity contribution is 6.05. The van der Waals surface area contributed by atoms with Crippen molar-refractivity contribution in [1.82, 2.24) is 9.47 Å². The number of aryl methyl sites for hydroxylation is 2. The van der Waals surface area contributed by atoms with E-state index in [2.05, 4.69) is 35.1 Å². The molecule has 0 saturated heterocycles. The SMILES string of the molecule is CCc1ccccc1NC(=O)[C@@H]1c2ccccc2C(=O)N(CCOC)[C@@H]1c1cn(C)c2ccccc12. The molecule has 3 aromatic carbocycles. The maximum absolute atomic E-state index is 14.2. The third-order valence-corrected chi connectivity index (χ3v) is 7.16. The Morgan fingerprint density at radius 1 is 0.972 bits per heavy atom. The first-order valence-corrected chi connectivity index (χ1v) is 12.4. The summed E-state index contributed by atoms with van der Waals surface area (Å²) in [6, 6.07) is 23.0. The van der Waals surface area contributed by atoms with Crippen molar-refractivity contribution in [3.63, 3.8) is 0 Å². The summed E-state index contributed by atoms with van der Waals surface area (Å²) in [5.74, 6) is -0.804. The lowest BCUT2D eigenvalue weighted by atomic mass is 9.79. The highest BCUT2D eigenvalue weighted by Crippen LogP contribution is 2.45. The van der Waals surface area contributed by atoms with E-state index in [0.29, 0.717) is 18.7 Å². The van der Waals surface area contributed by atoms with Gasteiger partial charge >= 0.3 is 0 Å². The van der Waals surface area contributed by atoms with E-state index in [1.165, 1.54) is 0 Å². The Kier molecular flexibility index (Phi) is 6.61. The molecule has 1 N–H and O–H groups in total. The highest BCUT2D eigenvalue weighted by atomic mass is 16.5. The van der Waals surface area contributed by atoms with Gasteiger partial charge in [-0.3, -0.25) is 9.59 Å².